The second kappa shape index (κ2) is 11.5. The third kappa shape index (κ3) is 6.14. The zero-order valence-corrected chi connectivity index (χ0v) is 19.7. The third-order valence-electron chi connectivity index (χ3n) is 6.10. The summed E-state index contributed by atoms with van der Waals surface area (Å²) in [6.07, 6.45) is 0.954. The van der Waals surface area contributed by atoms with Crippen molar-refractivity contribution in [3.63, 3.8) is 0 Å². The smallest absolute Gasteiger partial charge is 0.253 e. The summed E-state index contributed by atoms with van der Waals surface area (Å²) < 4.78 is 5.35. The molecule has 2 fully saturated rings. The maximum Gasteiger partial charge on any atom is 0.253 e. The zero-order chi connectivity index (χ0) is 23.9. The number of halogens is 1. The first-order valence-electron chi connectivity index (χ1n) is 11.6. The molecule has 1 atom stereocenters. The number of nitrogens with zero attached hydrogens (tertiary/aromatic N) is 2. The molecule has 2 N–H and O–H groups in total. The van der Waals surface area contributed by atoms with Crippen LogP contribution in [0, 0.1) is 5.92 Å². The standard InChI is InChI=1S/C25H29ClN4O4/c26-19-6-8-20(9-7-19)30-17-18(16-23(30)31)24(32)28-22-5-2-1-4-21(22)25(33)27-10-3-11-29-12-14-34-15-13-29/h1-2,4-9,18H,3,10-17H2,(H,27,33)(H,28,32)/t18-/m1/s1. The van der Waals surface area contributed by atoms with E-state index in [0.717, 1.165) is 39.3 Å². The predicted octanol–water partition coefficient (Wildman–Crippen LogP) is 2.78. The molecule has 0 spiro atoms. The summed E-state index contributed by atoms with van der Waals surface area (Å²) in [6.45, 7) is 5.08. The summed E-state index contributed by atoms with van der Waals surface area (Å²) in [4.78, 5) is 42.1. The Bertz CT molecular complexity index is 1020. The molecule has 2 aliphatic rings. The average Bonchev–Trinajstić information content (AvgIpc) is 3.25. The Morgan fingerprint density at radius 1 is 1.06 bits per heavy atom. The Balaban J connectivity index is 1.31. The van der Waals surface area contributed by atoms with Crippen LogP contribution in [0.3, 0.4) is 0 Å². The van der Waals surface area contributed by atoms with Crippen molar-refractivity contribution in [1.82, 2.24) is 10.2 Å². The maximum absolute atomic E-state index is 12.9. The number of carbonyl (C=O) groups is 3. The first-order chi connectivity index (χ1) is 16.5. The Hall–Kier alpha value is -2.94. The van der Waals surface area contributed by atoms with Gasteiger partial charge in [0.15, 0.2) is 0 Å². The second-order valence-electron chi connectivity index (χ2n) is 8.48. The lowest BCUT2D eigenvalue weighted by atomic mass is 10.1. The molecule has 34 heavy (non-hydrogen) atoms. The highest BCUT2D eigenvalue weighted by atomic mass is 35.5. The molecule has 2 saturated heterocycles. The minimum absolute atomic E-state index is 0.115. The summed E-state index contributed by atoms with van der Waals surface area (Å²) in [5, 5.41) is 6.38. The minimum atomic E-state index is -0.507. The van der Waals surface area contributed by atoms with E-state index in [1.807, 2.05) is 0 Å². The van der Waals surface area contributed by atoms with Crippen LogP contribution in [0.5, 0.6) is 0 Å². The van der Waals surface area contributed by atoms with Crippen molar-refractivity contribution in [2.24, 2.45) is 5.92 Å². The van der Waals surface area contributed by atoms with E-state index < -0.39 is 5.92 Å². The molecule has 2 heterocycles. The Morgan fingerprint density at radius 3 is 2.56 bits per heavy atom. The minimum Gasteiger partial charge on any atom is -0.379 e. The zero-order valence-electron chi connectivity index (χ0n) is 19.0. The highest BCUT2D eigenvalue weighted by Gasteiger charge is 2.35. The third-order valence-corrected chi connectivity index (χ3v) is 6.36. The number of morpholine rings is 1. The van der Waals surface area contributed by atoms with Gasteiger partial charge in [-0.1, -0.05) is 23.7 Å². The second-order valence-corrected chi connectivity index (χ2v) is 8.92. The van der Waals surface area contributed by atoms with Crippen LogP contribution in [-0.2, 0) is 14.3 Å². The van der Waals surface area contributed by atoms with E-state index in [-0.39, 0.29) is 30.7 Å². The quantitative estimate of drug-likeness (QED) is 0.562. The van der Waals surface area contributed by atoms with Crippen molar-refractivity contribution >= 4 is 40.7 Å². The number of anilines is 2. The number of carbonyl (C=O) groups excluding carboxylic acids is 3. The first-order valence-corrected chi connectivity index (χ1v) is 11.9. The summed E-state index contributed by atoms with van der Waals surface area (Å²) in [6, 6.07) is 13.9. The van der Waals surface area contributed by atoms with Crippen molar-refractivity contribution in [2.75, 3.05) is 56.2 Å². The van der Waals surface area contributed by atoms with Gasteiger partial charge in [-0.05, 0) is 49.4 Å². The molecule has 2 aromatic rings. The van der Waals surface area contributed by atoms with Gasteiger partial charge in [0.25, 0.3) is 5.91 Å². The van der Waals surface area contributed by atoms with Crippen LogP contribution in [0.15, 0.2) is 48.5 Å². The fourth-order valence-corrected chi connectivity index (χ4v) is 4.33. The van der Waals surface area contributed by atoms with E-state index in [1.54, 1.807) is 53.4 Å². The maximum atomic E-state index is 12.9. The van der Waals surface area contributed by atoms with Crippen LogP contribution >= 0.6 is 11.6 Å². The highest BCUT2D eigenvalue weighted by Crippen LogP contribution is 2.27. The van der Waals surface area contributed by atoms with Crippen LogP contribution in [0.25, 0.3) is 0 Å². The Morgan fingerprint density at radius 2 is 1.79 bits per heavy atom. The molecule has 0 bridgehead atoms. The van der Waals surface area contributed by atoms with Gasteiger partial charge in [0.2, 0.25) is 11.8 Å². The lowest BCUT2D eigenvalue weighted by Gasteiger charge is -2.26. The van der Waals surface area contributed by atoms with E-state index in [1.165, 1.54) is 0 Å². The number of rotatable bonds is 8. The Labute approximate surface area is 204 Å². The van der Waals surface area contributed by atoms with Crippen molar-refractivity contribution in [2.45, 2.75) is 12.8 Å². The molecule has 2 aliphatic heterocycles. The van der Waals surface area contributed by atoms with Crippen LogP contribution in [0.4, 0.5) is 11.4 Å². The van der Waals surface area contributed by atoms with Gasteiger partial charge in [0.05, 0.1) is 30.4 Å². The topological polar surface area (TPSA) is 91.0 Å². The number of nitrogens with one attached hydrogen (secondary N) is 2. The normalized spacial score (nSPS) is 18.7. The van der Waals surface area contributed by atoms with Gasteiger partial charge < -0.3 is 20.3 Å². The summed E-state index contributed by atoms with van der Waals surface area (Å²) >= 11 is 5.93. The number of benzene rings is 2. The van der Waals surface area contributed by atoms with E-state index in [4.69, 9.17) is 16.3 Å². The number of amides is 3. The van der Waals surface area contributed by atoms with Gasteiger partial charge in [-0.3, -0.25) is 19.3 Å². The molecule has 0 saturated carbocycles. The molecule has 3 amide bonds. The predicted molar refractivity (Wildman–Crippen MR) is 131 cm³/mol. The molecule has 0 aliphatic carbocycles. The number of hydrogen-bond acceptors (Lipinski definition) is 5. The number of para-hydroxylation sites is 1. The molecule has 0 unspecified atom stereocenters. The van der Waals surface area contributed by atoms with Crippen molar-refractivity contribution in [1.29, 1.82) is 0 Å². The van der Waals surface area contributed by atoms with Crippen molar-refractivity contribution in [3.05, 3.63) is 59.1 Å². The summed E-state index contributed by atoms with van der Waals surface area (Å²) in [5.41, 5.74) is 1.55. The highest BCUT2D eigenvalue weighted by molar-refractivity contribution is 6.30. The molecular formula is C25H29ClN4O4. The van der Waals surface area contributed by atoms with Crippen LogP contribution < -0.4 is 15.5 Å². The molecular weight excluding hydrogens is 456 g/mol. The monoisotopic (exact) mass is 484 g/mol. The van der Waals surface area contributed by atoms with Crippen molar-refractivity contribution in [3.8, 4) is 0 Å². The van der Waals surface area contributed by atoms with Crippen LogP contribution in [0.1, 0.15) is 23.2 Å². The van der Waals surface area contributed by atoms with Gasteiger partial charge in [0, 0.05) is 43.3 Å². The molecule has 9 heteroatoms. The Kier molecular flexibility index (Phi) is 8.16. The van der Waals surface area contributed by atoms with Gasteiger partial charge >= 0.3 is 0 Å². The van der Waals surface area contributed by atoms with E-state index in [9.17, 15) is 14.4 Å². The lowest BCUT2D eigenvalue weighted by Crippen LogP contribution is -2.38. The van der Waals surface area contributed by atoms with Gasteiger partial charge in [-0.2, -0.15) is 0 Å². The fraction of sp³-hybridized carbons (Fsp3) is 0.400. The van der Waals surface area contributed by atoms with Crippen LogP contribution in [0.2, 0.25) is 5.02 Å². The molecule has 4 rings (SSSR count). The van der Waals surface area contributed by atoms with E-state index in [0.29, 0.717) is 28.5 Å². The molecule has 180 valence electrons. The van der Waals surface area contributed by atoms with Gasteiger partial charge in [-0.25, -0.2) is 0 Å². The fourth-order valence-electron chi connectivity index (χ4n) is 4.20. The van der Waals surface area contributed by atoms with Crippen molar-refractivity contribution < 1.29 is 19.1 Å². The largest absolute Gasteiger partial charge is 0.379 e. The summed E-state index contributed by atoms with van der Waals surface area (Å²) in [7, 11) is 0. The summed E-state index contributed by atoms with van der Waals surface area (Å²) in [5.74, 6) is -1.14. The number of hydrogen-bond donors (Lipinski definition) is 2. The SMILES string of the molecule is O=C(NCCCN1CCOCC1)c1ccccc1NC(=O)[C@@H]1CC(=O)N(c2ccc(Cl)cc2)C1. The molecule has 2 aromatic carbocycles. The molecule has 8 nitrogen and oxygen atoms in total. The average molecular weight is 485 g/mol. The van der Waals surface area contributed by atoms with E-state index >= 15 is 0 Å². The van der Waals surface area contributed by atoms with Gasteiger partial charge in [-0.15, -0.1) is 0 Å². The van der Waals surface area contributed by atoms with Gasteiger partial charge in [0.1, 0.15) is 0 Å². The number of ether oxygens (including phenoxy) is 1. The first kappa shape index (κ1) is 24.2. The lowest BCUT2D eigenvalue weighted by molar-refractivity contribution is -0.122. The molecule has 0 aromatic heterocycles. The van der Waals surface area contributed by atoms with E-state index in [2.05, 4.69) is 15.5 Å². The van der Waals surface area contributed by atoms with Crippen LogP contribution in [-0.4, -0.2) is 68.6 Å². The molecule has 0 radical (unpaired) electrons.